The van der Waals surface area contributed by atoms with Crippen LogP contribution in [0.4, 0.5) is 5.69 Å². The first-order valence-corrected chi connectivity index (χ1v) is 8.66. The normalized spacial score (nSPS) is 10.7. The van der Waals surface area contributed by atoms with Crippen molar-refractivity contribution < 1.29 is 14.3 Å². The van der Waals surface area contributed by atoms with Crippen LogP contribution in [-0.2, 0) is 6.54 Å². The Labute approximate surface area is 160 Å². The number of nitrogens with zero attached hydrogens (tertiary/aromatic N) is 2. The fourth-order valence-corrected chi connectivity index (χ4v) is 2.97. The molecule has 0 aliphatic rings. The number of rotatable bonds is 4. The number of hydrogen-bond acceptors (Lipinski definition) is 5. The Bertz CT molecular complexity index is 1200. The van der Waals surface area contributed by atoms with Gasteiger partial charge in [0.15, 0.2) is 0 Å². The van der Waals surface area contributed by atoms with Crippen molar-refractivity contribution in [2.75, 3.05) is 4.90 Å². The summed E-state index contributed by atoms with van der Waals surface area (Å²) in [6, 6.07) is 20.3. The molecule has 0 bridgehead atoms. The molecule has 2 aromatic carbocycles. The van der Waals surface area contributed by atoms with E-state index in [0.717, 1.165) is 0 Å². The Morgan fingerprint density at radius 3 is 2.54 bits per heavy atom. The molecule has 0 radical (unpaired) electrons. The Morgan fingerprint density at radius 2 is 1.75 bits per heavy atom. The largest absolute Gasteiger partial charge is 0.506 e. The molecule has 0 fully saturated rings. The first-order valence-electron chi connectivity index (χ1n) is 8.66. The van der Waals surface area contributed by atoms with Crippen LogP contribution >= 0.6 is 0 Å². The van der Waals surface area contributed by atoms with Gasteiger partial charge >= 0.3 is 5.63 Å². The van der Waals surface area contributed by atoms with Crippen LogP contribution in [0.3, 0.4) is 0 Å². The van der Waals surface area contributed by atoms with Crippen molar-refractivity contribution in [2.45, 2.75) is 6.54 Å². The average molecular weight is 372 g/mol. The maximum Gasteiger partial charge on any atom is 0.349 e. The van der Waals surface area contributed by atoms with Gasteiger partial charge in [-0.25, -0.2) is 4.79 Å². The third-order valence-corrected chi connectivity index (χ3v) is 4.34. The van der Waals surface area contributed by atoms with Gasteiger partial charge in [-0.15, -0.1) is 0 Å². The highest BCUT2D eigenvalue weighted by Gasteiger charge is 2.24. The number of anilines is 1. The maximum atomic E-state index is 13.3. The summed E-state index contributed by atoms with van der Waals surface area (Å²) in [7, 11) is 0. The lowest BCUT2D eigenvalue weighted by Gasteiger charge is -2.23. The molecule has 0 saturated carbocycles. The number of amides is 1. The van der Waals surface area contributed by atoms with Gasteiger partial charge in [0.25, 0.3) is 5.91 Å². The van der Waals surface area contributed by atoms with E-state index < -0.39 is 11.5 Å². The number of phenols is 1. The second-order valence-electron chi connectivity index (χ2n) is 6.19. The van der Waals surface area contributed by atoms with Crippen molar-refractivity contribution in [3.63, 3.8) is 0 Å². The van der Waals surface area contributed by atoms with Crippen molar-refractivity contribution in [3.05, 3.63) is 101 Å². The molecule has 2 aromatic heterocycles. The molecule has 0 aliphatic carbocycles. The number of pyridine rings is 1. The summed E-state index contributed by atoms with van der Waals surface area (Å²) in [4.78, 5) is 31.3. The molecular formula is C22H16N2O4. The zero-order valence-corrected chi connectivity index (χ0v) is 14.8. The van der Waals surface area contributed by atoms with Crippen LogP contribution in [0.2, 0.25) is 0 Å². The standard InChI is InChI=1S/C22H16N2O4/c25-19-10-3-2-9-18(19)24(14-16-8-5-6-12-23-16)21(26)17-13-15-7-1-4-11-20(15)28-22(17)27/h1-13,25H,14H2. The highest BCUT2D eigenvalue weighted by atomic mass is 16.4. The van der Waals surface area contributed by atoms with Crippen LogP contribution in [0.25, 0.3) is 11.0 Å². The van der Waals surface area contributed by atoms with Gasteiger partial charge < -0.3 is 9.52 Å². The van der Waals surface area contributed by atoms with Crippen LogP contribution in [-0.4, -0.2) is 16.0 Å². The Kier molecular flexibility index (Phi) is 4.60. The summed E-state index contributed by atoms with van der Waals surface area (Å²) < 4.78 is 5.30. The molecule has 2 heterocycles. The van der Waals surface area contributed by atoms with Crippen LogP contribution in [0, 0.1) is 0 Å². The maximum absolute atomic E-state index is 13.3. The molecule has 0 aliphatic heterocycles. The minimum atomic E-state index is -0.731. The predicted molar refractivity (Wildman–Crippen MR) is 105 cm³/mol. The lowest BCUT2D eigenvalue weighted by Crippen LogP contribution is -2.34. The number of carbonyl (C=O) groups excluding carboxylic acids is 1. The van der Waals surface area contributed by atoms with Crippen molar-refractivity contribution in [1.82, 2.24) is 4.98 Å². The summed E-state index contributed by atoms with van der Waals surface area (Å²) in [5, 5.41) is 10.9. The van der Waals surface area contributed by atoms with Crippen molar-refractivity contribution in [1.29, 1.82) is 0 Å². The quantitative estimate of drug-likeness (QED) is 0.552. The number of hydrogen-bond donors (Lipinski definition) is 1. The zero-order chi connectivity index (χ0) is 19.5. The smallest absolute Gasteiger partial charge is 0.349 e. The van der Waals surface area contributed by atoms with Crippen LogP contribution in [0.5, 0.6) is 5.75 Å². The topological polar surface area (TPSA) is 83.6 Å². The van der Waals surface area contributed by atoms with Crippen molar-refractivity contribution in [2.24, 2.45) is 0 Å². The minimum absolute atomic E-state index is 0.0723. The van der Waals surface area contributed by atoms with E-state index >= 15 is 0 Å². The molecule has 6 nitrogen and oxygen atoms in total. The molecular weight excluding hydrogens is 356 g/mol. The summed E-state index contributed by atoms with van der Waals surface area (Å²) in [6.45, 7) is 0.0868. The molecule has 0 spiro atoms. The monoisotopic (exact) mass is 372 g/mol. The van der Waals surface area contributed by atoms with E-state index in [1.165, 1.54) is 17.0 Å². The lowest BCUT2D eigenvalue weighted by molar-refractivity contribution is 0.0980. The predicted octanol–water partition coefficient (Wildman–Crippen LogP) is 3.74. The van der Waals surface area contributed by atoms with E-state index in [1.807, 2.05) is 0 Å². The zero-order valence-electron chi connectivity index (χ0n) is 14.8. The van der Waals surface area contributed by atoms with Gasteiger partial charge in [-0.05, 0) is 36.4 Å². The molecule has 0 saturated heterocycles. The minimum Gasteiger partial charge on any atom is -0.506 e. The SMILES string of the molecule is O=C(c1cc2ccccc2oc1=O)N(Cc1ccccn1)c1ccccc1O. The van der Waals surface area contributed by atoms with E-state index in [0.29, 0.717) is 16.7 Å². The Balaban J connectivity index is 1.82. The van der Waals surface area contributed by atoms with E-state index in [-0.39, 0.29) is 23.5 Å². The number of carbonyl (C=O) groups is 1. The second kappa shape index (κ2) is 7.36. The number of aromatic nitrogens is 1. The molecule has 1 amide bonds. The van der Waals surface area contributed by atoms with Crippen molar-refractivity contribution >= 4 is 22.6 Å². The van der Waals surface area contributed by atoms with Gasteiger partial charge in [-0.1, -0.05) is 36.4 Å². The summed E-state index contributed by atoms with van der Waals surface area (Å²) in [5.74, 6) is -0.649. The molecule has 6 heteroatoms. The fourth-order valence-electron chi connectivity index (χ4n) is 2.97. The average Bonchev–Trinajstić information content (AvgIpc) is 2.72. The number of fused-ring (bicyclic) bond motifs is 1. The lowest BCUT2D eigenvalue weighted by atomic mass is 10.1. The Morgan fingerprint density at radius 1 is 1.00 bits per heavy atom. The van der Waals surface area contributed by atoms with Crippen LogP contribution < -0.4 is 10.5 Å². The summed E-state index contributed by atoms with van der Waals surface area (Å²) in [5.41, 5.74) is 0.459. The van der Waals surface area contributed by atoms with E-state index in [2.05, 4.69) is 4.98 Å². The molecule has 28 heavy (non-hydrogen) atoms. The summed E-state index contributed by atoms with van der Waals surface area (Å²) in [6.07, 6.45) is 1.62. The van der Waals surface area contributed by atoms with Gasteiger partial charge in [0, 0.05) is 11.6 Å². The fraction of sp³-hybridized carbons (Fsp3) is 0.0455. The molecule has 0 unspecified atom stereocenters. The van der Waals surface area contributed by atoms with E-state index in [9.17, 15) is 14.7 Å². The van der Waals surface area contributed by atoms with Gasteiger partial charge in [0.1, 0.15) is 16.9 Å². The van der Waals surface area contributed by atoms with Crippen molar-refractivity contribution in [3.8, 4) is 5.75 Å². The highest BCUT2D eigenvalue weighted by molar-refractivity contribution is 6.07. The highest BCUT2D eigenvalue weighted by Crippen LogP contribution is 2.29. The van der Waals surface area contributed by atoms with Gasteiger partial charge in [0.05, 0.1) is 17.9 Å². The van der Waals surface area contributed by atoms with Crippen LogP contribution in [0.1, 0.15) is 16.1 Å². The third kappa shape index (κ3) is 3.35. The van der Waals surface area contributed by atoms with Gasteiger partial charge in [0.2, 0.25) is 0 Å². The Hall–Kier alpha value is -3.93. The molecule has 0 atom stereocenters. The van der Waals surface area contributed by atoms with Crippen LogP contribution in [0.15, 0.2) is 88.2 Å². The van der Waals surface area contributed by atoms with E-state index in [1.54, 1.807) is 66.9 Å². The first-order chi connectivity index (χ1) is 13.6. The molecule has 138 valence electrons. The molecule has 4 aromatic rings. The molecule has 1 N–H and O–H groups in total. The number of phenolic OH excluding ortho intramolecular Hbond substituents is 1. The van der Waals surface area contributed by atoms with Gasteiger partial charge in [-0.3, -0.25) is 14.7 Å². The number of aromatic hydroxyl groups is 1. The third-order valence-electron chi connectivity index (χ3n) is 4.34. The van der Waals surface area contributed by atoms with E-state index in [4.69, 9.17) is 4.42 Å². The number of benzene rings is 2. The number of para-hydroxylation sites is 3. The second-order valence-corrected chi connectivity index (χ2v) is 6.19. The molecule has 4 rings (SSSR count). The summed E-state index contributed by atoms with van der Waals surface area (Å²) >= 11 is 0. The van der Waals surface area contributed by atoms with Gasteiger partial charge in [-0.2, -0.15) is 0 Å². The first kappa shape index (κ1) is 17.5.